The molecule has 0 bridgehead atoms. The summed E-state index contributed by atoms with van der Waals surface area (Å²) in [4.78, 5) is 0. The highest BCUT2D eigenvalue weighted by Crippen LogP contribution is 2.43. The van der Waals surface area contributed by atoms with Gasteiger partial charge in [-0.15, -0.1) is 0 Å². The zero-order chi connectivity index (χ0) is 16.3. The maximum absolute atomic E-state index is 9.77. The van der Waals surface area contributed by atoms with Crippen molar-refractivity contribution >= 4 is 0 Å². The minimum atomic E-state index is -0.864. The minimum Gasteiger partial charge on any atom is -0.508 e. The minimum absolute atomic E-state index is 0.109. The summed E-state index contributed by atoms with van der Waals surface area (Å²) in [5.74, 6) is -0.372. The van der Waals surface area contributed by atoms with E-state index in [1.165, 1.54) is 12.1 Å². The van der Waals surface area contributed by atoms with Gasteiger partial charge in [-0.05, 0) is 48.7 Å². The Labute approximate surface area is 129 Å². The predicted octanol–water partition coefficient (Wildman–Crippen LogP) is 3.78. The van der Waals surface area contributed by atoms with Crippen molar-refractivity contribution in [1.29, 1.82) is 5.26 Å². The van der Waals surface area contributed by atoms with Crippen molar-refractivity contribution in [1.82, 2.24) is 0 Å². The van der Waals surface area contributed by atoms with E-state index in [1.807, 2.05) is 13.8 Å². The maximum atomic E-state index is 9.77. The summed E-state index contributed by atoms with van der Waals surface area (Å²) in [5.41, 5.74) is 0.721. The van der Waals surface area contributed by atoms with Gasteiger partial charge in [0.05, 0.1) is 11.5 Å². The molecule has 114 valence electrons. The van der Waals surface area contributed by atoms with Crippen LogP contribution < -0.4 is 0 Å². The topological polar surface area (TPSA) is 84.5 Å². The lowest BCUT2D eigenvalue weighted by molar-refractivity contribution is 0.398. The molecule has 0 amide bonds. The average Bonchev–Trinajstić information content (AvgIpc) is 2.52. The second-order valence-corrected chi connectivity index (χ2v) is 5.57. The number of hydrogen-bond acceptors (Lipinski definition) is 4. The van der Waals surface area contributed by atoms with Crippen LogP contribution in [0.4, 0.5) is 0 Å². The van der Waals surface area contributed by atoms with Gasteiger partial charge in [-0.1, -0.05) is 25.1 Å². The molecular weight excluding hydrogens is 278 g/mol. The molecule has 4 heteroatoms. The Morgan fingerprint density at radius 1 is 1.05 bits per heavy atom. The Kier molecular flexibility index (Phi) is 4.27. The first-order chi connectivity index (χ1) is 10.4. The lowest BCUT2D eigenvalue weighted by atomic mass is 9.69. The quantitative estimate of drug-likeness (QED) is 0.750. The van der Waals surface area contributed by atoms with Crippen LogP contribution in [0.25, 0.3) is 0 Å². The Balaban J connectivity index is 2.53. The molecule has 0 aliphatic heterocycles. The van der Waals surface area contributed by atoms with Gasteiger partial charge < -0.3 is 15.3 Å². The second kappa shape index (κ2) is 5.98. The second-order valence-electron chi connectivity index (χ2n) is 5.57. The van der Waals surface area contributed by atoms with Gasteiger partial charge in [-0.25, -0.2) is 0 Å². The standard InChI is InChI=1S/C18H19NO3/c1-3-15(12-4-7-14(20)8-5-12)18(2,11-19)13-6-9-16(21)17(22)10-13/h4-10,15,20-22H,3H2,1-2H3. The van der Waals surface area contributed by atoms with E-state index in [-0.39, 0.29) is 23.2 Å². The summed E-state index contributed by atoms with van der Waals surface area (Å²) in [5, 5.41) is 38.4. The summed E-state index contributed by atoms with van der Waals surface area (Å²) < 4.78 is 0. The van der Waals surface area contributed by atoms with E-state index >= 15 is 0 Å². The molecule has 2 rings (SSSR count). The molecule has 2 atom stereocenters. The Morgan fingerprint density at radius 2 is 1.68 bits per heavy atom. The lowest BCUT2D eigenvalue weighted by Crippen LogP contribution is -2.28. The van der Waals surface area contributed by atoms with Gasteiger partial charge in [0.1, 0.15) is 5.75 Å². The van der Waals surface area contributed by atoms with Gasteiger partial charge in [0.2, 0.25) is 0 Å². The van der Waals surface area contributed by atoms with Crippen LogP contribution in [0, 0.1) is 11.3 Å². The van der Waals surface area contributed by atoms with Crippen molar-refractivity contribution < 1.29 is 15.3 Å². The Morgan fingerprint density at radius 3 is 2.18 bits per heavy atom. The van der Waals surface area contributed by atoms with Crippen molar-refractivity contribution in [3.63, 3.8) is 0 Å². The number of phenols is 3. The van der Waals surface area contributed by atoms with Gasteiger partial charge in [0.25, 0.3) is 0 Å². The van der Waals surface area contributed by atoms with Crippen molar-refractivity contribution in [3.05, 3.63) is 53.6 Å². The molecule has 0 spiro atoms. The molecule has 0 saturated carbocycles. The number of phenolic OH excluding ortho intramolecular Hbond substituents is 3. The monoisotopic (exact) mass is 297 g/mol. The van der Waals surface area contributed by atoms with Crippen LogP contribution in [0.1, 0.15) is 37.3 Å². The summed E-state index contributed by atoms with van der Waals surface area (Å²) >= 11 is 0. The summed E-state index contributed by atoms with van der Waals surface area (Å²) in [7, 11) is 0. The Hall–Kier alpha value is -2.67. The normalized spacial score (nSPS) is 14.8. The predicted molar refractivity (Wildman–Crippen MR) is 83.9 cm³/mol. The highest BCUT2D eigenvalue weighted by molar-refractivity contribution is 5.47. The van der Waals surface area contributed by atoms with Gasteiger partial charge in [0, 0.05) is 5.92 Å². The molecule has 22 heavy (non-hydrogen) atoms. The number of aromatic hydroxyl groups is 3. The number of nitrogens with zero attached hydrogens (tertiary/aromatic N) is 1. The van der Waals surface area contributed by atoms with Crippen LogP contribution >= 0.6 is 0 Å². The number of rotatable bonds is 4. The summed E-state index contributed by atoms with van der Waals surface area (Å²) in [6.45, 7) is 3.81. The smallest absolute Gasteiger partial charge is 0.157 e. The molecule has 0 aliphatic rings. The van der Waals surface area contributed by atoms with E-state index in [9.17, 15) is 20.6 Å². The highest BCUT2D eigenvalue weighted by Gasteiger charge is 2.36. The fraction of sp³-hybridized carbons (Fsp3) is 0.278. The number of nitriles is 1. The van der Waals surface area contributed by atoms with Crippen LogP contribution in [0.2, 0.25) is 0 Å². The van der Waals surface area contributed by atoms with Gasteiger partial charge >= 0.3 is 0 Å². The van der Waals surface area contributed by atoms with Crippen molar-refractivity contribution in [2.45, 2.75) is 31.6 Å². The maximum Gasteiger partial charge on any atom is 0.157 e. The summed E-state index contributed by atoms with van der Waals surface area (Å²) in [6, 6.07) is 13.6. The molecule has 0 aromatic heterocycles. The summed E-state index contributed by atoms with van der Waals surface area (Å²) in [6.07, 6.45) is 0.719. The van der Waals surface area contributed by atoms with Crippen LogP contribution in [0.15, 0.2) is 42.5 Å². The van der Waals surface area contributed by atoms with Crippen molar-refractivity contribution in [2.75, 3.05) is 0 Å². The number of benzene rings is 2. The van der Waals surface area contributed by atoms with E-state index in [0.717, 1.165) is 12.0 Å². The molecule has 2 unspecified atom stereocenters. The fourth-order valence-electron chi connectivity index (χ4n) is 2.87. The third-order valence-corrected chi connectivity index (χ3v) is 4.21. The van der Waals surface area contributed by atoms with E-state index in [2.05, 4.69) is 6.07 Å². The van der Waals surface area contributed by atoms with E-state index in [0.29, 0.717) is 5.56 Å². The first-order valence-corrected chi connectivity index (χ1v) is 7.15. The molecule has 3 N–H and O–H groups in total. The molecule has 4 nitrogen and oxygen atoms in total. The SMILES string of the molecule is CCC(c1ccc(O)cc1)C(C)(C#N)c1ccc(O)c(O)c1. The fourth-order valence-corrected chi connectivity index (χ4v) is 2.87. The zero-order valence-corrected chi connectivity index (χ0v) is 12.6. The lowest BCUT2D eigenvalue weighted by Gasteiger charge is -2.32. The van der Waals surface area contributed by atoms with Crippen LogP contribution in [0.5, 0.6) is 17.2 Å². The van der Waals surface area contributed by atoms with Gasteiger partial charge in [-0.2, -0.15) is 5.26 Å². The molecule has 0 aliphatic carbocycles. The van der Waals surface area contributed by atoms with Crippen molar-refractivity contribution in [2.24, 2.45) is 0 Å². The Bertz CT molecular complexity index is 703. The molecule has 0 saturated heterocycles. The van der Waals surface area contributed by atoms with Crippen LogP contribution in [0.3, 0.4) is 0 Å². The molecule has 2 aromatic rings. The van der Waals surface area contributed by atoms with E-state index < -0.39 is 5.41 Å². The van der Waals surface area contributed by atoms with E-state index in [1.54, 1.807) is 30.3 Å². The molecule has 0 heterocycles. The molecule has 0 fully saturated rings. The highest BCUT2D eigenvalue weighted by atomic mass is 16.3. The van der Waals surface area contributed by atoms with Crippen molar-refractivity contribution in [3.8, 4) is 23.3 Å². The molecule has 2 aromatic carbocycles. The third kappa shape index (κ3) is 2.71. The first kappa shape index (κ1) is 15.7. The third-order valence-electron chi connectivity index (χ3n) is 4.21. The zero-order valence-electron chi connectivity index (χ0n) is 12.6. The van der Waals surface area contributed by atoms with E-state index in [4.69, 9.17) is 0 Å². The molecular formula is C18H19NO3. The number of hydrogen-bond donors (Lipinski definition) is 3. The van der Waals surface area contributed by atoms with Gasteiger partial charge in [0.15, 0.2) is 11.5 Å². The largest absolute Gasteiger partial charge is 0.508 e. The van der Waals surface area contributed by atoms with Crippen LogP contribution in [-0.2, 0) is 5.41 Å². The molecule has 0 radical (unpaired) electrons. The van der Waals surface area contributed by atoms with Crippen LogP contribution in [-0.4, -0.2) is 15.3 Å². The van der Waals surface area contributed by atoms with Gasteiger partial charge in [-0.3, -0.25) is 0 Å². The average molecular weight is 297 g/mol. The first-order valence-electron chi connectivity index (χ1n) is 7.15.